The van der Waals surface area contributed by atoms with Gasteiger partial charge in [0.1, 0.15) is 5.82 Å². The predicted octanol–water partition coefficient (Wildman–Crippen LogP) is 6.58. The van der Waals surface area contributed by atoms with E-state index in [0.717, 1.165) is 20.7 Å². The molecular weight excluding hydrogens is 349 g/mol. The van der Waals surface area contributed by atoms with Crippen LogP contribution >= 0.6 is 11.8 Å². The minimum Gasteiger partial charge on any atom is -0.493 e. The second kappa shape index (κ2) is 7.01. The molecule has 4 rings (SSSR count). The molecule has 0 bridgehead atoms. The number of azo groups is 1. The van der Waals surface area contributed by atoms with Crippen LogP contribution in [0.3, 0.4) is 0 Å². The highest BCUT2D eigenvalue weighted by molar-refractivity contribution is 7.99. The van der Waals surface area contributed by atoms with Crippen molar-refractivity contribution in [2.24, 2.45) is 10.2 Å². The fourth-order valence-electron chi connectivity index (χ4n) is 2.60. The molecular formula is C20H14FN3OS. The van der Waals surface area contributed by atoms with E-state index in [9.17, 15) is 9.50 Å². The molecule has 0 saturated heterocycles. The summed E-state index contributed by atoms with van der Waals surface area (Å²) in [5.74, 6) is -0.309. The third-order valence-electron chi connectivity index (χ3n) is 3.80. The number of benzene rings is 3. The quantitative estimate of drug-likeness (QED) is 0.402. The molecule has 0 radical (unpaired) electrons. The average molecular weight is 363 g/mol. The van der Waals surface area contributed by atoms with E-state index in [1.165, 1.54) is 23.9 Å². The normalized spacial score (nSPS) is 11.4. The molecule has 4 aromatic rings. The molecule has 26 heavy (non-hydrogen) atoms. The summed E-state index contributed by atoms with van der Waals surface area (Å²) in [7, 11) is 0. The Kier molecular flexibility index (Phi) is 4.41. The lowest BCUT2D eigenvalue weighted by Crippen LogP contribution is -1.77. The predicted molar refractivity (Wildman–Crippen MR) is 101 cm³/mol. The Balaban J connectivity index is 1.77. The lowest BCUT2D eigenvalue weighted by molar-refractivity contribution is 0.459. The molecule has 4 nitrogen and oxygen atoms in total. The first-order valence-corrected chi connectivity index (χ1v) is 8.76. The van der Waals surface area contributed by atoms with Crippen LogP contribution in [0.4, 0.5) is 15.8 Å². The maximum absolute atomic E-state index is 13.1. The van der Waals surface area contributed by atoms with Gasteiger partial charge in [0.05, 0.1) is 11.2 Å². The molecule has 0 fully saturated rings. The highest BCUT2D eigenvalue weighted by atomic mass is 32.2. The highest BCUT2D eigenvalue weighted by Gasteiger charge is 2.15. The van der Waals surface area contributed by atoms with Crippen LogP contribution < -0.4 is 0 Å². The number of hydrogen-bond acceptors (Lipinski definition) is 4. The fourth-order valence-corrected chi connectivity index (χ4v) is 3.58. The number of aromatic hydroxyl groups is 1. The summed E-state index contributed by atoms with van der Waals surface area (Å²) in [5, 5.41) is 19.5. The van der Waals surface area contributed by atoms with Crippen molar-refractivity contribution >= 4 is 34.0 Å². The monoisotopic (exact) mass is 363 g/mol. The van der Waals surface area contributed by atoms with E-state index in [1.807, 2.05) is 48.5 Å². The van der Waals surface area contributed by atoms with Gasteiger partial charge in [0, 0.05) is 15.2 Å². The maximum atomic E-state index is 13.1. The zero-order chi connectivity index (χ0) is 17.9. The van der Waals surface area contributed by atoms with E-state index in [1.54, 1.807) is 12.1 Å². The second-order valence-electron chi connectivity index (χ2n) is 5.59. The van der Waals surface area contributed by atoms with Gasteiger partial charge in [-0.15, -0.1) is 5.11 Å². The van der Waals surface area contributed by atoms with Crippen LogP contribution in [-0.4, -0.2) is 10.1 Å². The van der Waals surface area contributed by atoms with E-state index in [0.29, 0.717) is 11.4 Å². The zero-order valence-electron chi connectivity index (χ0n) is 13.6. The van der Waals surface area contributed by atoms with Gasteiger partial charge in [-0.25, -0.2) is 4.39 Å². The molecule has 1 heterocycles. The van der Waals surface area contributed by atoms with E-state index in [4.69, 9.17) is 0 Å². The first kappa shape index (κ1) is 16.4. The molecule has 2 N–H and O–H groups in total. The molecule has 0 saturated carbocycles. The largest absolute Gasteiger partial charge is 0.493 e. The Morgan fingerprint density at radius 2 is 1.62 bits per heavy atom. The molecule has 0 unspecified atom stereocenters. The summed E-state index contributed by atoms with van der Waals surface area (Å²) in [4.78, 5) is 4.72. The van der Waals surface area contributed by atoms with Gasteiger partial charge >= 0.3 is 0 Å². The number of rotatable bonds is 4. The number of nitrogens with zero attached hydrogens (tertiary/aromatic N) is 2. The number of fused-ring (bicyclic) bond motifs is 1. The molecule has 128 valence electrons. The summed E-state index contributed by atoms with van der Waals surface area (Å²) < 4.78 is 13.1. The first-order chi connectivity index (χ1) is 12.7. The van der Waals surface area contributed by atoms with Crippen LogP contribution in [0.15, 0.2) is 92.8 Å². The van der Waals surface area contributed by atoms with Crippen molar-refractivity contribution in [3.05, 3.63) is 78.6 Å². The third kappa shape index (κ3) is 3.32. The Morgan fingerprint density at radius 1 is 0.846 bits per heavy atom. The number of nitrogens with one attached hydrogen (secondary N) is 1. The van der Waals surface area contributed by atoms with Crippen LogP contribution in [0.25, 0.3) is 10.9 Å². The Labute approximate surface area is 153 Å². The molecule has 0 aliphatic rings. The van der Waals surface area contributed by atoms with Gasteiger partial charge in [-0.2, -0.15) is 5.11 Å². The van der Waals surface area contributed by atoms with Gasteiger partial charge < -0.3 is 10.1 Å². The van der Waals surface area contributed by atoms with E-state index in [-0.39, 0.29) is 11.7 Å². The fraction of sp³-hybridized carbons (Fsp3) is 0. The Hall–Kier alpha value is -3.12. The van der Waals surface area contributed by atoms with Crippen LogP contribution in [-0.2, 0) is 0 Å². The number of H-pyrrole nitrogens is 1. The Bertz CT molecular complexity index is 1080. The van der Waals surface area contributed by atoms with Crippen molar-refractivity contribution in [1.29, 1.82) is 0 Å². The number of hydrogen-bond donors (Lipinski definition) is 2. The van der Waals surface area contributed by atoms with Gasteiger partial charge in [0.2, 0.25) is 5.88 Å². The summed E-state index contributed by atoms with van der Waals surface area (Å²) >= 11 is 1.48. The average Bonchev–Trinajstić information content (AvgIpc) is 2.99. The summed E-state index contributed by atoms with van der Waals surface area (Å²) in [6.07, 6.45) is 0. The minimum absolute atomic E-state index is 0.0353. The molecule has 0 aliphatic carbocycles. The van der Waals surface area contributed by atoms with E-state index < -0.39 is 0 Å². The van der Waals surface area contributed by atoms with Gasteiger partial charge in [0.25, 0.3) is 0 Å². The van der Waals surface area contributed by atoms with Crippen LogP contribution in [0.1, 0.15) is 0 Å². The van der Waals surface area contributed by atoms with Crippen molar-refractivity contribution in [2.45, 2.75) is 9.79 Å². The highest BCUT2D eigenvalue weighted by Crippen LogP contribution is 2.43. The van der Waals surface area contributed by atoms with Crippen molar-refractivity contribution in [2.75, 3.05) is 0 Å². The lowest BCUT2D eigenvalue weighted by atomic mass is 10.2. The summed E-state index contributed by atoms with van der Waals surface area (Å²) in [6, 6.07) is 21.3. The first-order valence-electron chi connectivity index (χ1n) is 7.94. The molecule has 6 heteroatoms. The van der Waals surface area contributed by atoms with Crippen LogP contribution in [0.5, 0.6) is 5.88 Å². The summed E-state index contributed by atoms with van der Waals surface area (Å²) in [6.45, 7) is 0. The van der Waals surface area contributed by atoms with Crippen molar-refractivity contribution in [1.82, 2.24) is 4.98 Å². The third-order valence-corrected chi connectivity index (χ3v) is 4.87. The van der Waals surface area contributed by atoms with Crippen molar-refractivity contribution < 1.29 is 9.50 Å². The van der Waals surface area contributed by atoms with Gasteiger partial charge in [-0.05, 0) is 48.5 Å². The molecule has 0 spiro atoms. The summed E-state index contributed by atoms with van der Waals surface area (Å²) in [5.41, 5.74) is 1.84. The van der Waals surface area contributed by atoms with Crippen LogP contribution in [0.2, 0.25) is 0 Å². The van der Waals surface area contributed by atoms with Gasteiger partial charge in [0.15, 0.2) is 5.69 Å². The molecule has 0 atom stereocenters. The smallest absolute Gasteiger partial charge is 0.218 e. The van der Waals surface area contributed by atoms with Crippen molar-refractivity contribution in [3.8, 4) is 5.88 Å². The van der Waals surface area contributed by atoms with Gasteiger partial charge in [-0.3, -0.25) is 0 Å². The Morgan fingerprint density at radius 3 is 2.38 bits per heavy atom. The maximum Gasteiger partial charge on any atom is 0.218 e. The van der Waals surface area contributed by atoms with Gasteiger partial charge in [-0.1, -0.05) is 36.0 Å². The second-order valence-corrected chi connectivity index (χ2v) is 6.71. The topological polar surface area (TPSA) is 60.7 Å². The van der Waals surface area contributed by atoms with Crippen molar-refractivity contribution in [3.63, 3.8) is 0 Å². The molecule has 0 amide bonds. The van der Waals surface area contributed by atoms with Crippen LogP contribution in [0, 0.1) is 5.82 Å². The lowest BCUT2D eigenvalue weighted by Gasteiger charge is -2.04. The number of aromatic nitrogens is 1. The van der Waals surface area contributed by atoms with E-state index in [2.05, 4.69) is 15.2 Å². The molecule has 1 aromatic heterocycles. The zero-order valence-corrected chi connectivity index (χ0v) is 14.4. The molecule has 3 aromatic carbocycles. The minimum atomic E-state index is -0.274. The van der Waals surface area contributed by atoms with E-state index >= 15 is 0 Å². The number of aromatic amines is 1. The number of halogens is 1. The standard InChI is InChI=1S/C20H14FN3OS/c21-13-9-11-15(12-10-13)26-17-8-4-7-16-18(17)19(20(25)22-16)24-23-14-5-2-1-3-6-14/h1-12,22,25H. The molecule has 0 aliphatic heterocycles. The SMILES string of the molecule is Oc1[nH]c2cccc(Sc3ccc(F)cc3)c2c1N=Nc1ccccc1.